The monoisotopic (exact) mass is 499 g/mol. The van der Waals surface area contributed by atoms with Crippen LogP contribution < -0.4 is 5.32 Å². The van der Waals surface area contributed by atoms with E-state index in [-0.39, 0.29) is 17.6 Å². The van der Waals surface area contributed by atoms with Crippen molar-refractivity contribution >= 4 is 23.1 Å². The number of amides is 1. The Kier molecular flexibility index (Phi) is 6.06. The van der Waals surface area contributed by atoms with Crippen LogP contribution in [0.4, 0.5) is 8.78 Å². The molecule has 0 radical (unpaired) electrons. The van der Waals surface area contributed by atoms with Gasteiger partial charge in [-0.25, -0.2) is 9.97 Å². The number of aromatic amines is 1. The van der Waals surface area contributed by atoms with Crippen LogP contribution in [0, 0.1) is 11.8 Å². The maximum absolute atomic E-state index is 13.1. The van der Waals surface area contributed by atoms with E-state index in [0.717, 1.165) is 25.3 Å². The number of hydrogen-bond donors (Lipinski definition) is 2. The summed E-state index contributed by atoms with van der Waals surface area (Å²) in [6, 6.07) is 0. The molecule has 3 aromatic heterocycles. The Morgan fingerprint density at radius 3 is 2.75 bits per heavy atom. The highest BCUT2D eigenvalue weighted by atomic mass is 19.3. The highest BCUT2D eigenvalue weighted by Crippen LogP contribution is 2.36. The van der Waals surface area contributed by atoms with E-state index in [4.69, 9.17) is 14.8 Å². The lowest BCUT2D eigenvalue weighted by atomic mass is 9.91. The van der Waals surface area contributed by atoms with Gasteiger partial charge in [-0.05, 0) is 40.3 Å². The van der Waals surface area contributed by atoms with Gasteiger partial charge in [0.05, 0.1) is 11.8 Å². The minimum absolute atomic E-state index is 0.204. The van der Waals surface area contributed by atoms with Crippen molar-refractivity contribution in [2.45, 2.75) is 52.8 Å². The van der Waals surface area contributed by atoms with Gasteiger partial charge in [0.25, 0.3) is 5.91 Å². The molecule has 0 saturated carbocycles. The molecule has 1 fully saturated rings. The topological polar surface area (TPSA) is 101 Å². The molecule has 0 bridgehead atoms. The van der Waals surface area contributed by atoms with Gasteiger partial charge in [-0.2, -0.15) is 13.9 Å². The van der Waals surface area contributed by atoms with Crippen molar-refractivity contribution in [3.63, 3.8) is 0 Å². The number of allylic oxidation sites excluding steroid dienone is 1. The molecule has 36 heavy (non-hydrogen) atoms. The summed E-state index contributed by atoms with van der Waals surface area (Å²) in [6.45, 7) is 7.39. The number of ether oxygens (including phenoxy) is 1. The lowest BCUT2D eigenvalue weighted by Crippen LogP contribution is -2.45. The van der Waals surface area contributed by atoms with Crippen molar-refractivity contribution in [2.75, 3.05) is 20.1 Å². The van der Waals surface area contributed by atoms with Gasteiger partial charge in [0, 0.05) is 54.5 Å². The van der Waals surface area contributed by atoms with E-state index in [1.165, 1.54) is 0 Å². The van der Waals surface area contributed by atoms with Gasteiger partial charge >= 0.3 is 6.61 Å². The smallest absolute Gasteiger partial charge is 0.387 e. The van der Waals surface area contributed by atoms with Crippen LogP contribution in [0.1, 0.15) is 49.3 Å². The average Bonchev–Trinajstić information content (AvgIpc) is 3.32. The van der Waals surface area contributed by atoms with Crippen LogP contribution in [-0.2, 0) is 17.7 Å². The summed E-state index contributed by atoms with van der Waals surface area (Å²) in [6.07, 6.45) is 5.36. The van der Waals surface area contributed by atoms with Crippen LogP contribution >= 0.6 is 0 Å². The number of likely N-dealkylation sites (tertiary alicyclic amines) is 1. The maximum Gasteiger partial charge on any atom is 0.387 e. The first-order valence-corrected chi connectivity index (χ1v) is 12.1. The van der Waals surface area contributed by atoms with E-state index in [0.29, 0.717) is 46.0 Å². The lowest BCUT2D eigenvalue weighted by Gasteiger charge is -2.36. The van der Waals surface area contributed by atoms with Gasteiger partial charge in [0.2, 0.25) is 0 Å². The molecule has 3 aromatic rings. The number of alkyl halides is 2. The van der Waals surface area contributed by atoms with Gasteiger partial charge in [0.1, 0.15) is 22.7 Å². The second-order valence-corrected chi connectivity index (χ2v) is 10.9. The number of carbonyl (C=O) groups excluding carboxylic acids is 1. The third-order valence-electron chi connectivity index (χ3n) is 6.52. The summed E-state index contributed by atoms with van der Waals surface area (Å²) in [5, 5.41) is 7.83. The highest BCUT2D eigenvalue weighted by Gasteiger charge is 2.32. The molecule has 1 saturated heterocycles. The summed E-state index contributed by atoms with van der Waals surface area (Å²) in [5.41, 5.74) is 3.56. The zero-order valence-corrected chi connectivity index (χ0v) is 21.1. The van der Waals surface area contributed by atoms with Gasteiger partial charge < -0.3 is 19.9 Å². The van der Waals surface area contributed by atoms with Gasteiger partial charge in [0.15, 0.2) is 5.65 Å². The Balaban J connectivity index is 1.58. The standard InChI is InChI=1S/C25H31F2N7O2/c1-13-6-18-15(7-19(13)36-24(26)27)20(32-34(18)12-14-10-33(5)11-14)17-9-29-22-21(30-17)16(8-28-22)23(35)31-25(2,3)4/h7-9,13-14,24H,6,10-12H2,1-5H3,(H,28,29)(H,31,35). The van der Waals surface area contributed by atoms with E-state index in [1.807, 2.05) is 32.4 Å². The van der Waals surface area contributed by atoms with Crippen molar-refractivity contribution in [2.24, 2.45) is 11.8 Å². The van der Waals surface area contributed by atoms with E-state index < -0.39 is 12.2 Å². The van der Waals surface area contributed by atoms with Gasteiger partial charge in [-0.3, -0.25) is 9.48 Å². The molecule has 1 atom stereocenters. The molecule has 0 aromatic carbocycles. The third-order valence-corrected chi connectivity index (χ3v) is 6.52. The summed E-state index contributed by atoms with van der Waals surface area (Å²) >= 11 is 0. The number of nitrogens with one attached hydrogen (secondary N) is 2. The molecule has 4 heterocycles. The molecule has 9 nitrogen and oxygen atoms in total. The predicted molar refractivity (Wildman–Crippen MR) is 131 cm³/mol. The summed E-state index contributed by atoms with van der Waals surface area (Å²) < 4.78 is 33.0. The molecule has 2 aliphatic rings. The first-order chi connectivity index (χ1) is 17.0. The zero-order chi connectivity index (χ0) is 25.8. The van der Waals surface area contributed by atoms with E-state index >= 15 is 0 Å². The fraction of sp³-hybridized carbons (Fsp3) is 0.520. The Labute approximate surface area is 207 Å². The number of rotatable bonds is 6. The summed E-state index contributed by atoms with van der Waals surface area (Å²) in [7, 11) is 2.08. The first-order valence-electron chi connectivity index (χ1n) is 12.1. The second-order valence-electron chi connectivity index (χ2n) is 10.9. The van der Waals surface area contributed by atoms with Crippen molar-refractivity contribution in [3.05, 3.63) is 35.0 Å². The average molecular weight is 500 g/mol. The predicted octanol–water partition coefficient (Wildman–Crippen LogP) is 3.68. The quantitative estimate of drug-likeness (QED) is 0.537. The second kappa shape index (κ2) is 8.95. The SMILES string of the molecule is CC1Cc2c(c(-c3cnc4[nH]cc(C(=O)NC(C)(C)C)c4n3)nn2CC2CN(C)C2)C=C1OC(F)F. The fourth-order valence-corrected chi connectivity index (χ4v) is 4.92. The van der Waals surface area contributed by atoms with Crippen LogP contribution in [0.15, 0.2) is 18.2 Å². The summed E-state index contributed by atoms with van der Waals surface area (Å²) in [4.78, 5) is 27.3. The molecule has 1 unspecified atom stereocenters. The molecule has 2 N–H and O–H groups in total. The van der Waals surface area contributed by atoms with Gasteiger partial charge in [-0.15, -0.1) is 0 Å². The zero-order valence-electron chi connectivity index (χ0n) is 21.1. The normalized spacial score (nSPS) is 18.8. The first kappa shape index (κ1) is 24.4. The molecular weight excluding hydrogens is 468 g/mol. The van der Waals surface area contributed by atoms with Crippen molar-refractivity contribution in [1.29, 1.82) is 0 Å². The minimum atomic E-state index is -2.90. The largest absolute Gasteiger partial charge is 0.439 e. The van der Waals surface area contributed by atoms with Crippen molar-refractivity contribution in [1.82, 2.24) is 34.9 Å². The summed E-state index contributed by atoms with van der Waals surface area (Å²) in [5.74, 6) is 0.228. The molecule has 0 spiro atoms. The molecule has 5 rings (SSSR count). The maximum atomic E-state index is 13.1. The minimum Gasteiger partial charge on any atom is -0.439 e. The molecule has 11 heteroatoms. The highest BCUT2D eigenvalue weighted by molar-refractivity contribution is 6.05. The van der Waals surface area contributed by atoms with Crippen molar-refractivity contribution < 1.29 is 18.3 Å². The van der Waals surface area contributed by atoms with E-state index in [2.05, 4.69) is 27.2 Å². The lowest BCUT2D eigenvalue weighted by molar-refractivity contribution is -0.102. The van der Waals surface area contributed by atoms with Crippen LogP contribution in [0.2, 0.25) is 0 Å². The number of carbonyl (C=O) groups is 1. The van der Waals surface area contributed by atoms with Crippen LogP contribution in [0.3, 0.4) is 0 Å². The van der Waals surface area contributed by atoms with Crippen LogP contribution in [-0.4, -0.2) is 67.8 Å². The fourth-order valence-electron chi connectivity index (χ4n) is 4.92. The van der Waals surface area contributed by atoms with Crippen molar-refractivity contribution in [3.8, 4) is 11.4 Å². The Bertz CT molecular complexity index is 1330. The Hall–Kier alpha value is -3.34. The van der Waals surface area contributed by atoms with E-state index in [9.17, 15) is 13.6 Å². The number of aromatic nitrogens is 5. The van der Waals surface area contributed by atoms with Crippen LogP contribution in [0.5, 0.6) is 0 Å². The number of halogens is 2. The van der Waals surface area contributed by atoms with E-state index in [1.54, 1.807) is 18.5 Å². The third kappa shape index (κ3) is 4.71. The number of hydrogen-bond acceptors (Lipinski definition) is 6. The molecule has 192 valence electrons. The van der Waals surface area contributed by atoms with Gasteiger partial charge in [-0.1, -0.05) is 6.92 Å². The molecule has 1 aliphatic heterocycles. The Morgan fingerprint density at radius 2 is 2.08 bits per heavy atom. The molecule has 1 amide bonds. The van der Waals surface area contributed by atoms with Crippen LogP contribution in [0.25, 0.3) is 28.6 Å². The molecule has 1 aliphatic carbocycles. The Morgan fingerprint density at radius 1 is 1.33 bits per heavy atom. The number of fused-ring (bicyclic) bond motifs is 2. The molecular formula is C25H31F2N7O2. The number of nitrogens with zero attached hydrogens (tertiary/aromatic N) is 5. The number of H-pyrrole nitrogens is 1.